The molecule has 0 bridgehead atoms. The minimum absolute atomic E-state index is 0.479. The molecular weight excluding hydrogens is 314 g/mol. The zero-order valence-corrected chi connectivity index (χ0v) is 10.4. The molecule has 1 N–H and O–H groups in total. The highest BCUT2D eigenvalue weighted by atomic mass is 127. The number of nitrogens with one attached hydrogen (secondary N) is 1. The topological polar surface area (TPSA) is 42.2 Å². The molecule has 2 rings (SSSR count). The van der Waals surface area contributed by atoms with Crippen LogP contribution in [0.2, 0.25) is 5.15 Å². The van der Waals surface area contributed by atoms with Crippen molar-refractivity contribution in [3.8, 4) is 0 Å². The second kappa shape index (κ2) is 3.90. The number of nitrogens with zero attached hydrogens (tertiary/aromatic N) is 3. The highest BCUT2D eigenvalue weighted by Gasteiger charge is 2.07. The summed E-state index contributed by atoms with van der Waals surface area (Å²) in [6.45, 7) is 2.85. The van der Waals surface area contributed by atoms with E-state index in [0.717, 1.165) is 21.6 Å². The van der Waals surface area contributed by atoms with Gasteiger partial charge in [0.2, 0.25) is 0 Å². The fraction of sp³-hybridized carbons (Fsp3) is 0.250. The summed E-state index contributed by atoms with van der Waals surface area (Å²) in [6, 6.07) is 1.77. The molecule has 0 aliphatic rings. The van der Waals surface area contributed by atoms with E-state index in [1.807, 2.05) is 6.92 Å². The first kappa shape index (κ1) is 9.97. The number of halogens is 2. The van der Waals surface area contributed by atoms with Crippen LogP contribution in [0.1, 0.15) is 6.92 Å². The van der Waals surface area contributed by atoms with Crippen LogP contribution in [-0.4, -0.2) is 21.1 Å². The molecule has 2 aromatic heterocycles. The Hall–Kier alpha value is -0.560. The second-order valence-electron chi connectivity index (χ2n) is 2.72. The molecule has 0 saturated carbocycles. The van der Waals surface area contributed by atoms with Crippen LogP contribution in [-0.2, 0) is 0 Å². The fourth-order valence-corrected chi connectivity index (χ4v) is 1.87. The Morgan fingerprint density at radius 2 is 2.43 bits per heavy atom. The van der Waals surface area contributed by atoms with E-state index < -0.39 is 0 Å². The maximum atomic E-state index is 5.89. The zero-order valence-electron chi connectivity index (χ0n) is 7.46. The van der Waals surface area contributed by atoms with Crippen molar-refractivity contribution in [1.82, 2.24) is 14.6 Å². The lowest BCUT2D eigenvalue weighted by molar-refractivity contribution is 0.932. The third-order valence-electron chi connectivity index (χ3n) is 1.76. The van der Waals surface area contributed by atoms with Gasteiger partial charge in [-0.05, 0) is 29.5 Å². The quantitative estimate of drug-likeness (QED) is 0.682. The van der Waals surface area contributed by atoms with Crippen molar-refractivity contribution in [2.45, 2.75) is 6.92 Å². The predicted octanol–water partition coefficient (Wildman–Crippen LogP) is 2.42. The van der Waals surface area contributed by atoms with Gasteiger partial charge in [-0.1, -0.05) is 11.6 Å². The van der Waals surface area contributed by atoms with E-state index >= 15 is 0 Å². The fourth-order valence-electron chi connectivity index (χ4n) is 1.21. The van der Waals surface area contributed by atoms with Crippen molar-refractivity contribution >= 4 is 45.7 Å². The standard InChI is InChI=1S/C8H8ClIN4/c1-2-11-7-3-6(9)13-8-5(10)4-12-14(7)8/h3-4,11H,2H2,1H3. The van der Waals surface area contributed by atoms with Crippen molar-refractivity contribution < 1.29 is 0 Å². The zero-order chi connectivity index (χ0) is 10.1. The molecule has 0 amide bonds. The van der Waals surface area contributed by atoms with E-state index in [-0.39, 0.29) is 0 Å². The van der Waals surface area contributed by atoms with Gasteiger partial charge < -0.3 is 5.32 Å². The Morgan fingerprint density at radius 3 is 3.14 bits per heavy atom. The Morgan fingerprint density at radius 1 is 1.64 bits per heavy atom. The Balaban J connectivity index is 2.68. The van der Waals surface area contributed by atoms with Crippen LogP contribution < -0.4 is 5.32 Å². The number of aromatic nitrogens is 3. The van der Waals surface area contributed by atoms with Crippen LogP contribution in [0, 0.1) is 3.57 Å². The highest BCUT2D eigenvalue weighted by Crippen LogP contribution is 2.19. The first-order valence-corrected chi connectivity index (χ1v) is 5.61. The summed E-state index contributed by atoms with van der Waals surface area (Å²) in [7, 11) is 0. The number of rotatable bonds is 2. The van der Waals surface area contributed by atoms with E-state index in [1.54, 1.807) is 16.8 Å². The average molecular weight is 323 g/mol. The van der Waals surface area contributed by atoms with Crippen molar-refractivity contribution in [1.29, 1.82) is 0 Å². The van der Waals surface area contributed by atoms with Crippen LogP contribution in [0.3, 0.4) is 0 Å². The summed E-state index contributed by atoms with van der Waals surface area (Å²) < 4.78 is 2.74. The smallest absolute Gasteiger partial charge is 0.172 e. The van der Waals surface area contributed by atoms with E-state index in [2.05, 4.69) is 38.0 Å². The van der Waals surface area contributed by atoms with Gasteiger partial charge in [0.1, 0.15) is 11.0 Å². The van der Waals surface area contributed by atoms with Gasteiger partial charge in [0.15, 0.2) is 5.65 Å². The van der Waals surface area contributed by atoms with Gasteiger partial charge in [-0.2, -0.15) is 9.61 Å². The van der Waals surface area contributed by atoms with Gasteiger partial charge in [0.05, 0.1) is 9.77 Å². The Kier molecular flexibility index (Phi) is 2.78. The summed E-state index contributed by atoms with van der Waals surface area (Å²) in [5.74, 6) is 0.866. The van der Waals surface area contributed by atoms with Crippen molar-refractivity contribution in [3.63, 3.8) is 0 Å². The molecule has 14 heavy (non-hydrogen) atoms. The van der Waals surface area contributed by atoms with Gasteiger partial charge in [-0.15, -0.1) is 0 Å². The molecule has 0 atom stereocenters. The van der Waals surface area contributed by atoms with E-state index in [0.29, 0.717) is 5.15 Å². The monoisotopic (exact) mass is 322 g/mol. The van der Waals surface area contributed by atoms with E-state index in [9.17, 15) is 0 Å². The number of anilines is 1. The minimum atomic E-state index is 0.479. The van der Waals surface area contributed by atoms with Gasteiger partial charge >= 0.3 is 0 Å². The highest BCUT2D eigenvalue weighted by molar-refractivity contribution is 14.1. The number of fused-ring (bicyclic) bond motifs is 1. The van der Waals surface area contributed by atoms with E-state index in [1.165, 1.54) is 0 Å². The molecule has 4 nitrogen and oxygen atoms in total. The minimum Gasteiger partial charge on any atom is -0.370 e. The molecule has 2 aromatic rings. The van der Waals surface area contributed by atoms with Crippen LogP contribution >= 0.6 is 34.2 Å². The SMILES string of the molecule is CCNc1cc(Cl)nc2c(I)cnn12. The molecule has 0 aliphatic heterocycles. The maximum absolute atomic E-state index is 5.89. The van der Waals surface area contributed by atoms with Gasteiger partial charge in [0.25, 0.3) is 0 Å². The molecule has 0 saturated heterocycles. The first-order valence-electron chi connectivity index (χ1n) is 4.16. The third-order valence-corrected chi connectivity index (χ3v) is 2.71. The summed E-state index contributed by atoms with van der Waals surface area (Å²) in [6.07, 6.45) is 1.76. The molecule has 0 fully saturated rings. The summed E-state index contributed by atoms with van der Waals surface area (Å²) in [5, 5.41) is 7.86. The second-order valence-corrected chi connectivity index (χ2v) is 4.27. The first-order chi connectivity index (χ1) is 6.72. The van der Waals surface area contributed by atoms with Crippen LogP contribution in [0.15, 0.2) is 12.3 Å². The summed E-state index contributed by atoms with van der Waals surface area (Å²) in [4.78, 5) is 4.20. The molecule has 0 aromatic carbocycles. The lowest BCUT2D eigenvalue weighted by atomic mass is 10.5. The molecule has 0 unspecified atom stereocenters. The maximum Gasteiger partial charge on any atom is 0.172 e. The number of hydrogen-bond acceptors (Lipinski definition) is 3. The Bertz CT molecular complexity index is 468. The normalized spacial score (nSPS) is 10.8. The molecule has 74 valence electrons. The summed E-state index contributed by atoms with van der Waals surface area (Å²) >= 11 is 8.08. The van der Waals surface area contributed by atoms with Crippen LogP contribution in [0.5, 0.6) is 0 Å². The Labute approximate surface area is 99.8 Å². The molecule has 0 spiro atoms. The lowest BCUT2D eigenvalue weighted by Gasteiger charge is -2.05. The summed E-state index contributed by atoms with van der Waals surface area (Å²) in [5.41, 5.74) is 0.786. The van der Waals surface area contributed by atoms with Gasteiger partial charge in [-0.3, -0.25) is 0 Å². The molecule has 0 aliphatic carbocycles. The van der Waals surface area contributed by atoms with Crippen LogP contribution in [0.25, 0.3) is 5.65 Å². The molecule has 0 radical (unpaired) electrons. The van der Waals surface area contributed by atoms with Gasteiger partial charge in [0, 0.05) is 12.6 Å². The largest absolute Gasteiger partial charge is 0.370 e. The van der Waals surface area contributed by atoms with Crippen molar-refractivity contribution in [3.05, 3.63) is 21.0 Å². The molecule has 6 heteroatoms. The molecule has 2 heterocycles. The average Bonchev–Trinajstić information content (AvgIpc) is 2.49. The van der Waals surface area contributed by atoms with E-state index in [4.69, 9.17) is 11.6 Å². The van der Waals surface area contributed by atoms with Crippen LogP contribution in [0.4, 0.5) is 5.82 Å². The molecular formula is C8H8ClIN4. The van der Waals surface area contributed by atoms with Crippen molar-refractivity contribution in [2.24, 2.45) is 0 Å². The third kappa shape index (κ3) is 1.66. The number of hydrogen-bond donors (Lipinski definition) is 1. The van der Waals surface area contributed by atoms with Crippen molar-refractivity contribution in [2.75, 3.05) is 11.9 Å². The van der Waals surface area contributed by atoms with Gasteiger partial charge in [-0.25, -0.2) is 4.98 Å². The lowest BCUT2D eigenvalue weighted by Crippen LogP contribution is -2.04. The predicted molar refractivity (Wildman–Crippen MR) is 64.9 cm³/mol.